The van der Waals surface area contributed by atoms with Crippen LogP contribution in [-0.4, -0.2) is 6.21 Å². The summed E-state index contributed by atoms with van der Waals surface area (Å²) < 4.78 is 37.1. The molecule has 0 heterocycles. The minimum absolute atomic E-state index is 0.160. The van der Waals surface area contributed by atoms with Gasteiger partial charge >= 0.3 is 6.18 Å². The molecule has 0 aliphatic heterocycles. The van der Waals surface area contributed by atoms with Crippen molar-refractivity contribution < 1.29 is 18.0 Å². The van der Waals surface area contributed by atoms with E-state index in [0.717, 1.165) is 17.7 Å². The molecule has 0 aromatic heterocycles. The van der Waals surface area contributed by atoms with Gasteiger partial charge in [0.25, 0.3) is 0 Å². The molecule has 2 aromatic carbocycles. The van der Waals surface area contributed by atoms with Crippen LogP contribution in [0.5, 0.6) is 0 Å². The van der Waals surface area contributed by atoms with Crippen LogP contribution in [-0.2, 0) is 17.6 Å². The molecule has 2 aromatic rings. The van der Waals surface area contributed by atoms with E-state index in [0.29, 0.717) is 10.6 Å². The summed E-state index contributed by atoms with van der Waals surface area (Å²) in [6.45, 7) is 0.160. The fourth-order valence-corrected chi connectivity index (χ4v) is 1.73. The Morgan fingerprint density at radius 3 is 2.33 bits per heavy atom. The maximum atomic E-state index is 12.4. The maximum Gasteiger partial charge on any atom is 0.416 e. The lowest BCUT2D eigenvalue weighted by atomic mass is 10.1. The average Bonchev–Trinajstić information content (AvgIpc) is 2.45. The van der Waals surface area contributed by atoms with E-state index in [9.17, 15) is 13.2 Å². The number of rotatable bonds is 4. The van der Waals surface area contributed by atoms with Crippen molar-refractivity contribution >= 4 is 17.8 Å². The summed E-state index contributed by atoms with van der Waals surface area (Å²) in [7, 11) is 0. The number of hydrogen-bond donors (Lipinski definition) is 0. The number of benzene rings is 2. The van der Waals surface area contributed by atoms with Crippen LogP contribution in [0.3, 0.4) is 0 Å². The van der Waals surface area contributed by atoms with Gasteiger partial charge in [0.15, 0.2) is 0 Å². The quantitative estimate of drug-likeness (QED) is 0.588. The first-order valence-corrected chi connectivity index (χ1v) is 6.33. The first-order chi connectivity index (χ1) is 9.97. The molecular weight excluding hydrogens is 303 g/mol. The number of hydrogen-bond acceptors (Lipinski definition) is 2. The highest BCUT2D eigenvalue weighted by atomic mass is 35.5. The van der Waals surface area contributed by atoms with E-state index in [-0.39, 0.29) is 6.61 Å². The third-order valence-corrected chi connectivity index (χ3v) is 3.00. The van der Waals surface area contributed by atoms with Gasteiger partial charge in [-0.1, -0.05) is 47.1 Å². The van der Waals surface area contributed by atoms with Crippen LogP contribution in [0.15, 0.2) is 53.7 Å². The van der Waals surface area contributed by atoms with Gasteiger partial charge in [0, 0.05) is 16.1 Å². The monoisotopic (exact) mass is 312 g/mol. The number of halogens is 4. The molecule has 0 saturated heterocycles. The first-order valence-electron chi connectivity index (χ1n) is 5.95. The van der Waals surface area contributed by atoms with E-state index >= 15 is 0 Å². The third kappa shape index (κ3) is 4.49. The second-order valence-corrected chi connectivity index (χ2v) is 4.55. The molecule has 21 heavy (non-hydrogen) atoms. The van der Waals surface area contributed by atoms with E-state index in [1.54, 1.807) is 18.2 Å². The van der Waals surface area contributed by atoms with Gasteiger partial charge < -0.3 is 4.84 Å². The summed E-state index contributed by atoms with van der Waals surface area (Å²) in [5.41, 5.74) is 0.435. The lowest BCUT2D eigenvalue weighted by Gasteiger charge is -2.05. The van der Waals surface area contributed by atoms with Gasteiger partial charge in [0.05, 0.1) is 5.56 Å². The third-order valence-electron chi connectivity index (χ3n) is 2.63. The van der Waals surface area contributed by atoms with Crippen LogP contribution in [0, 0.1) is 0 Å². The molecule has 6 heteroatoms. The van der Waals surface area contributed by atoms with E-state index in [1.807, 2.05) is 6.07 Å². The molecule has 0 fully saturated rings. The summed E-state index contributed by atoms with van der Waals surface area (Å²) in [5.74, 6) is 0. The second kappa shape index (κ2) is 6.63. The summed E-state index contributed by atoms with van der Waals surface area (Å²) in [5, 5.41) is 4.14. The largest absolute Gasteiger partial charge is 0.416 e. The normalized spacial score (nSPS) is 11.8. The van der Waals surface area contributed by atoms with Crippen molar-refractivity contribution in [3.05, 3.63) is 70.2 Å². The van der Waals surface area contributed by atoms with Crippen molar-refractivity contribution in [1.82, 2.24) is 0 Å². The maximum absolute atomic E-state index is 12.4. The smallest absolute Gasteiger partial charge is 0.390 e. The van der Waals surface area contributed by atoms with E-state index in [4.69, 9.17) is 16.4 Å². The van der Waals surface area contributed by atoms with Crippen LogP contribution >= 0.6 is 11.6 Å². The standard InChI is InChI=1S/C15H10ClF3NO/c16-14-4-2-1-3-12(14)10-21-20-9-11-5-7-13(8-6-11)15(17,18)19/h1-8H,10H2. The van der Waals surface area contributed by atoms with Crippen LogP contribution in [0.25, 0.3) is 0 Å². The van der Waals surface area contributed by atoms with Crippen LogP contribution in [0.1, 0.15) is 16.7 Å². The van der Waals surface area contributed by atoms with E-state index in [2.05, 4.69) is 11.4 Å². The summed E-state index contributed by atoms with van der Waals surface area (Å²) in [6.07, 6.45) is -1.85. The van der Waals surface area contributed by atoms with E-state index in [1.165, 1.54) is 12.1 Å². The number of nitrogens with zero attached hydrogens (tertiary/aromatic N) is 1. The highest BCUT2D eigenvalue weighted by molar-refractivity contribution is 6.31. The number of alkyl halides is 3. The zero-order valence-corrected chi connectivity index (χ0v) is 11.4. The molecule has 0 spiro atoms. The zero-order chi connectivity index (χ0) is 15.3. The Bertz CT molecular complexity index is 624. The van der Waals surface area contributed by atoms with Crippen molar-refractivity contribution in [3.8, 4) is 0 Å². The molecular formula is C15H10ClF3NO. The second-order valence-electron chi connectivity index (χ2n) is 4.14. The predicted molar refractivity (Wildman–Crippen MR) is 74.2 cm³/mol. The topological polar surface area (TPSA) is 21.6 Å². The van der Waals surface area contributed by atoms with Crippen LogP contribution in [0.4, 0.5) is 13.2 Å². The van der Waals surface area contributed by atoms with Gasteiger partial charge in [0.2, 0.25) is 0 Å². The molecule has 1 radical (unpaired) electrons. The lowest BCUT2D eigenvalue weighted by Crippen LogP contribution is -2.04. The van der Waals surface area contributed by atoms with E-state index < -0.39 is 11.7 Å². The molecule has 2 nitrogen and oxygen atoms in total. The van der Waals surface area contributed by atoms with Crippen molar-refractivity contribution in [3.63, 3.8) is 0 Å². The fraction of sp³-hybridized carbons (Fsp3) is 0.133. The van der Waals surface area contributed by atoms with Crippen molar-refractivity contribution in [2.45, 2.75) is 12.8 Å². The van der Waals surface area contributed by atoms with Gasteiger partial charge in [-0.25, -0.2) is 0 Å². The molecule has 109 valence electrons. The minimum atomic E-state index is -4.35. The Morgan fingerprint density at radius 2 is 1.71 bits per heavy atom. The van der Waals surface area contributed by atoms with Gasteiger partial charge in [-0.3, -0.25) is 0 Å². The minimum Gasteiger partial charge on any atom is -0.390 e. The molecule has 0 aliphatic carbocycles. The van der Waals surface area contributed by atoms with Crippen molar-refractivity contribution in [2.24, 2.45) is 5.16 Å². The molecule has 0 atom stereocenters. The average molecular weight is 313 g/mol. The van der Waals surface area contributed by atoms with Gasteiger partial charge in [-0.15, -0.1) is 0 Å². The SMILES string of the molecule is FC(F)(F)c1ccc(/[C]=N\OCc2ccccc2Cl)cc1. The Morgan fingerprint density at radius 1 is 1.05 bits per heavy atom. The molecule has 0 unspecified atom stereocenters. The Hall–Kier alpha value is -2.01. The van der Waals surface area contributed by atoms with Crippen molar-refractivity contribution in [2.75, 3.05) is 0 Å². The molecule has 0 amide bonds. The Labute approximate surface area is 124 Å². The van der Waals surface area contributed by atoms with Crippen molar-refractivity contribution in [1.29, 1.82) is 0 Å². The fourth-order valence-electron chi connectivity index (χ4n) is 1.54. The first kappa shape index (κ1) is 15.4. The zero-order valence-electron chi connectivity index (χ0n) is 10.7. The molecule has 2 rings (SSSR count). The highest BCUT2D eigenvalue weighted by Gasteiger charge is 2.29. The molecule has 0 bridgehead atoms. The summed E-state index contributed by atoms with van der Waals surface area (Å²) in [4.78, 5) is 5.01. The van der Waals surface area contributed by atoms with Crippen LogP contribution < -0.4 is 0 Å². The highest BCUT2D eigenvalue weighted by Crippen LogP contribution is 2.28. The molecule has 0 aliphatic rings. The Balaban J connectivity index is 1.92. The Kier molecular flexibility index (Phi) is 4.85. The molecule has 0 saturated carbocycles. The molecule has 0 N–H and O–H groups in total. The predicted octanol–water partition coefficient (Wildman–Crippen LogP) is 4.79. The summed E-state index contributed by atoms with van der Waals surface area (Å²) >= 11 is 5.93. The van der Waals surface area contributed by atoms with Gasteiger partial charge in [-0.05, 0) is 18.2 Å². The lowest BCUT2D eigenvalue weighted by molar-refractivity contribution is -0.137. The van der Waals surface area contributed by atoms with Gasteiger partial charge in [0.1, 0.15) is 12.8 Å². The summed E-state index contributed by atoms with van der Waals surface area (Å²) in [6, 6.07) is 11.6. The van der Waals surface area contributed by atoms with Gasteiger partial charge in [-0.2, -0.15) is 13.2 Å². The van der Waals surface area contributed by atoms with Crippen LogP contribution in [0.2, 0.25) is 5.02 Å².